The van der Waals surface area contributed by atoms with Crippen molar-refractivity contribution in [1.29, 1.82) is 0 Å². The number of pyridine rings is 1. The van der Waals surface area contributed by atoms with E-state index < -0.39 is 11.6 Å². The predicted octanol–water partition coefficient (Wildman–Crippen LogP) is 3.02. The summed E-state index contributed by atoms with van der Waals surface area (Å²) in [6.07, 6.45) is 0. The fourth-order valence-electron chi connectivity index (χ4n) is 2.32. The third kappa shape index (κ3) is 2.48. The van der Waals surface area contributed by atoms with Crippen LogP contribution in [0.2, 0.25) is 0 Å². The van der Waals surface area contributed by atoms with Gasteiger partial charge >= 0.3 is 0 Å². The van der Waals surface area contributed by atoms with Crippen molar-refractivity contribution in [2.45, 2.75) is 6.54 Å². The highest BCUT2D eigenvalue weighted by Gasteiger charge is 2.13. The Morgan fingerprint density at radius 1 is 0.952 bits per heavy atom. The second kappa shape index (κ2) is 5.32. The highest BCUT2D eigenvalue weighted by atomic mass is 19.1. The molecule has 0 aliphatic rings. The summed E-state index contributed by atoms with van der Waals surface area (Å²) in [5.74, 6) is -0.998. The van der Waals surface area contributed by atoms with Crippen molar-refractivity contribution >= 4 is 16.7 Å². The van der Waals surface area contributed by atoms with Crippen LogP contribution in [0.15, 0.2) is 65.5 Å². The fraction of sp³-hybridized carbons (Fsp3) is 0.0588. The molecule has 0 N–H and O–H groups in total. The molecular weight excluding hydrogens is 269 g/mol. The van der Waals surface area contributed by atoms with Crippen LogP contribution >= 0.6 is 0 Å². The van der Waals surface area contributed by atoms with E-state index in [0.29, 0.717) is 5.52 Å². The highest BCUT2D eigenvalue weighted by molar-refractivity contribution is 5.96. The first-order valence-corrected chi connectivity index (χ1v) is 6.53. The molecule has 0 unspecified atom stereocenters. The molecule has 104 valence electrons. The van der Waals surface area contributed by atoms with E-state index in [-0.39, 0.29) is 17.7 Å². The van der Waals surface area contributed by atoms with E-state index in [4.69, 9.17) is 0 Å². The van der Waals surface area contributed by atoms with Gasteiger partial charge in [0.1, 0.15) is 5.82 Å². The minimum absolute atomic E-state index is 0.00247. The van der Waals surface area contributed by atoms with E-state index in [2.05, 4.69) is 0 Å². The third-order valence-corrected chi connectivity index (χ3v) is 3.38. The lowest BCUT2D eigenvalue weighted by Crippen LogP contribution is -2.24. The van der Waals surface area contributed by atoms with Crippen molar-refractivity contribution in [1.82, 2.24) is 4.57 Å². The summed E-state index contributed by atoms with van der Waals surface area (Å²) in [5, 5.41) is 0.860. The number of Topliss-reactive ketones (excluding diaryl/α,β-unsaturated/α-hetero) is 1. The van der Waals surface area contributed by atoms with E-state index in [1.807, 2.05) is 12.1 Å². The van der Waals surface area contributed by atoms with Crippen LogP contribution in [0.1, 0.15) is 10.4 Å². The Labute approximate surface area is 120 Å². The summed E-state index contributed by atoms with van der Waals surface area (Å²) in [5.41, 5.74) is 0.380. The van der Waals surface area contributed by atoms with Gasteiger partial charge in [0.2, 0.25) is 0 Å². The van der Waals surface area contributed by atoms with Gasteiger partial charge in [-0.1, -0.05) is 30.3 Å². The first-order chi connectivity index (χ1) is 10.2. The van der Waals surface area contributed by atoms with Gasteiger partial charge in [-0.25, -0.2) is 4.39 Å². The Morgan fingerprint density at radius 3 is 2.48 bits per heavy atom. The SMILES string of the molecule is O=C(Cn1c(=O)ccc2ccccc21)c1ccccc1F. The van der Waals surface area contributed by atoms with E-state index in [1.54, 1.807) is 24.3 Å². The topological polar surface area (TPSA) is 39.1 Å². The average Bonchev–Trinajstić information content (AvgIpc) is 2.50. The van der Waals surface area contributed by atoms with Crippen LogP contribution in [0.5, 0.6) is 0 Å². The van der Waals surface area contributed by atoms with Crippen molar-refractivity contribution in [3.63, 3.8) is 0 Å². The lowest BCUT2D eigenvalue weighted by atomic mass is 10.1. The maximum Gasteiger partial charge on any atom is 0.251 e. The molecule has 21 heavy (non-hydrogen) atoms. The molecule has 0 aliphatic carbocycles. The molecule has 0 amide bonds. The van der Waals surface area contributed by atoms with Crippen LogP contribution in [0.3, 0.4) is 0 Å². The number of carbonyl (C=O) groups excluding carboxylic acids is 1. The van der Waals surface area contributed by atoms with Gasteiger partial charge in [0.05, 0.1) is 17.6 Å². The molecule has 2 aromatic carbocycles. The smallest absolute Gasteiger partial charge is 0.251 e. The minimum Gasteiger partial charge on any atom is -0.300 e. The van der Waals surface area contributed by atoms with E-state index >= 15 is 0 Å². The molecule has 1 aromatic heterocycles. The number of nitrogens with zero attached hydrogens (tertiary/aromatic N) is 1. The number of rotatable bonds is 3. The first kappa shape index (κ1) is 13.2. The molecule has 4 heteroatoms. The van der Waals surface area contributed by atoms with Gasteiger partial charge in [0, 0.05) is 6.07 Å². The van der Waals surface area contributed by atoms with Gasteiger partial charge in [-0.05, 0) is 29.7 Å². The normalized spacial score (nSPS) is 10.7. The quantitative estimate of drug-likeness (QED) is 0.692. The monoisotopic (exact) mass is 281 g/mol. The van der Waals surface area contributed by atoms with Gasteiger partial charge in [0.15, 0.2) is 5.78 Å². The van der Waals surface area contributed by atoms with Crippen molar-refractivity contribution in [2.24, 2.45) is 0 Å². The summed E-state index contributed by atoms with van der Waals surface area (Å²) in [7, 11) is 0. The Hall–Kier alpha value is -2.75. The van der Waals surface area contributed by atoms with Gasteiger partial charge in [-0.15, -0.1) is 0 Å². The maximum atomic E-state index is 13.6. The van der Waals surface area contributed by atoms with Crippen molar-refractivity contribution in [3.05, 3.63) is 82.4 Å². The number of hydrogen-bond donors (Lipinski definition) is 0. The Bertz CT molecular complexity index is 883. The molecule has 0 radical (unpaired) electrons. The van der Waals surface area contributed by atoms with Crippen LogP contribution in [-0.4, -0.2) is 10.4 Å². The standard InChI is InChI=1S/C17H12FNO2/c18-14-7-3-2-6-13(14)16(20)11-19-15-8-4-1-5-12(15)9-10-17(19)21/h1-10H,11H2. The predicted molar refractivity (Wildman–Crippen MR) is 78.9 cm³/mol. The van der Waals surface area contributed by atoms with Gasteiger partial charge in [0.25, 0.3) is 5.56 Å². The average molecular weight is 281 g/mol. The van der Waals surface area contributed by atoms with Crippen LogP contribution < -0.4 is 5.56 Å². The van der Waals surface area contributed by atoms with Crippen LogP contribution in [0.4, 0.5) is 4.39 Å². The third-order valence-electron chi connectivity index (χ3n) is 3.38. The Kier molecular flexibility index (Phi) is 3.36. The largest absolute Gasteiger partial charge is 0.300 e. The molecule has 1 heterocycles. The summed E-state index contributed by atoms with van der Waals surface area (Å²) in [6, 6.07) is 16.2. The lowest BCUT2D eigenvalue weighted by molar-refractivity contribution is 0.0968. The number of aromatic nitrogens is 1. The summed E-state index contributed by atoms with van der Waals surface area (Å²) in [4.78, 5) is 24.2. The highest BCUT2D eigenvalue weighted by Crippen LogP contribution is 2.13. The zero-order chi connectivity index (χ0) is 14.8. The molecule has 0 atom stereocenters. The number of halogens is 1. The van der Waals surface area contributed by atoms with E-state index in [9.17, 15) is 14.0 Å². The van der Waals surface area contributed by atoms with Crippen LogP contribution in [0, 0.1) is 5.82 Å². The molecule has 0 fully saturated rings. The number of ketones is 1. The molecule has 3 aromatic rings. The van der Waals surface area contributed by atoms with E-state index in [0.717, 1.165) is 5.39 Å². The summed E-state index contributed by atoms with van der Waals surface area (Å²) >= 11 is 0. The molecule has 0 saturated carbocycles. The second-order valence-electron chi connectivity index (χ2n) is 4.72. The van der Waals surface area contributed by atoms with Gasteiger partial charge < -0.3 is 4.57 Å². The van der Waals surface area contributed by atoms with E-state index in [1.165, 1.54) is 28.8 Å². The second-order valence-corrected chi connectivity index (χ2v) is 4.72. The molecular formula is C17H12FNO2. The molecule has 0 aliphatic heterocycles. The number of hydrogen-bond acceptors (Lipinski definition) is 2. The van der Waals surface area contributed by atoms with Gasteiger partial charge in [-0.2, -0.15) is 0 Å². The van der Waals surface area contributed by atoms with Crippen molar-refractivity contribution in [3.8, 4) is 0 Å². The number of fused-ring (bicyclic) bond motifs is 1. The van der Waals surface area contributed by atoms with Crippen molar-refractivity contribution < 1.29 is 9.18 Å². The lowest BCUT2D eigenvalue weighted by Gasteiger charge is -2.09. The number of benzene rings is 2. The molecule has 3 nitrogen and oxygen atoms in total. The van der Waals surface area contributed by atoms with Crippen LogP contribution in [-0.2, 0) is 6.54 Å². The summed E-state index contributed by atoms with van der Waals surface area (Å²) in [6.45, 7) is -0.179. The zero-order valence-corrected chi connectivity index (χ0v) is 11.1. The zero-order valence-electron chi connectivity index (χ0n) is 11.1. The molecule has 0 bridgehead atoms. The molecule has 0 spiro atoms. The minimum atomic E-state index is -0.573. The number of carbonyl (C=O) groups is 1. The Balaban J connectivity index is 2.06. The number of para-hydroxylation sites is 1. The molecule has 0 saturated heterocycles. The van der Waals surface area contributed by atoms with Crippen molar-refractivity contribution in [2.75, 3.05) is 0 Å². The first-order valence-electron chi connectivity index (χ1n) is 6.53. The van der Waals surface area contributed by atoms with Crippen LogP contribution in [0.25, 0.3) is 10.9 Å². The Morgan fingerprint density at radius 2 is 1.67 bits per heavy atom. The maximum absolute atomic E-state index is 13.6. The summed E-state index contributed by atoms with van der Waals surface area (Å²) < 4.78 is 15.0. The molecule has 3 rings (SSSR count). The fourth-order valence-corrected chi connectivity index (χ4v) is 2.32. The van der Waals surface area contributed by atoms with Gasteiger partial charge in [-0.3, -0.25) is 9.59 Å².